The molecule has 1 spiro atoms. The summed E-state index contributed by atoms with van der Waals surface area (Å²) in [5.41, 5.74) is 22.3. The van der Waals surface area contributed by atoms with Crippen LogP contribution in [0.4, 0.5) is 17.1 Å². The molecule has 0 amide bonds. The van der Waals surface area contributed by atoms with Gasteiger partial charge in [-0.1, -0.05) is 185 Å². The lowest BCUT2D eigenvalue weighted by molar-refractivity contribution is 0.187. The van der Waals surface area contributed by atoms with Gasteiger partial charge in [0.25, 0.3) is 0 Å². The lowest BCUT2D eigenvalue weighted by atomic mass is 9.50. The summed E-state index contributed by atoms with van der Waals surface area (Å²) in [5.74, 6) is 2.21. The number of anilines is 3. The van der Waals surface area contributed by atoms with Gasteiger partial charge in [-0.15, -0.1) is 0 Å². The van der Waals surface area contributed by atoms with Gasteiger partial charge < -0.3 is 4.90 Å². The fourth-order valence-electron chi connectivity index (χ4n) is 13.9. The lowest BCUT2D eigenvalue weighted by Crippen LogP contribution is -2.46. The average molecular weight is 812 g/mol. The van der Waals surface area contributed by atoms with E-state index in [-0.39, 0.29) is 10.8 Å². The normalized spacial score (nSPS) is 22.4. The Morgan fingerprint density at radius 3 is 1.48 bits per heavy atom. The van der Waals surface area contributed by atoms with Gasteiger partial charge in [0, 0.05) is 27.9 Å². The van der Waals surface area contributed by atoms with Gasteiger partial charge in [-0.2, -0.15) is 0 Å². The van der Waals surface area contributed by atoms with Crippen LogP contribution in [-0.4, -0.2) is 0 Å². The van der Waals surface area contributed by atoms with Crippen LogP contribution in [0, 0.1) is 17.8 Å². The molecule has 63 heavy (non-hydrogen) atoms. The average Bonchev–Trinajstić information content (AvgIpc) is 3.92. The summed E-state index contributed by atoms with van der Waals surface area (Å²) in [4.78, 5) is 2.56. The van der Waals surface area contributed by atoms with E-state index in [1.165, 1.54) is 127 Å². The molecule has 1 nitrogen and oxygen atoms in total. The molecule has 0 aliphatic heterocycles. The van der Waals surface area contributed by atoms with Crippen molar-refractivity contribution in [3.63, 3.8) is 0 Å². The van der Waals surface area contributed by atoms with Crippen molar-refractivity contribution in [2.24, 2.45) is 17.8 Å². The largest absolute Gasteiger partial charge is 0.310 e. The quantitative estimate of drug-likeness (QED) is 0.167. The molecule has 5 aliphatic rings. The second-order valence-corrected chi connectivity index (χ2v) is 20.2. The fraction of sp³-hybridized carbons (Fsp3) is 0.226. The molecule has 0 heterocycles. The molecule has 5 aliphatic carbocycles. The van der Waals surface area contributed by atoms with E-state index >= 15 is 0 Å². The summed E-state index contributed by atoms with van der Waals surface area (Å²) in [7, 11) is 0. The molecule has 0 aromatic heterocycles. The van der Waals surface area contributed by atoms with Gasteiger partial charge in [-0.05, 0) is 151 Å². The molecule has 13 rings (SSSR count). The second kappa shape index (κ2) is 13.5. The topological polar surface area (TPSA) is 3.24 Å². The van der Waals surface area contributed by atoms with Crippen molar-refractivity contribution < 1.29 is 0 Å². The van der Waals surface area contributed by atoms with Crippen LogP contribution in [0.5, 0.6) is 0 Å². The molecule has 0 unspecified atom stereocenters. The van der Waals surface area contributed by atoms with Crippen LogP contribution in [0.25, 0.3) is 33.4 Å². The van der Waals surface area contributed by atoms with Gasteiger partial charge >= 0.3 is 0 Å². The van der Waals surface area contributed by atoms with Crippen molar-refractivity contribution in [1.29, 1.82) is 0 Å². The Kier molecular flexibility index (Phi) is 7.98. The summed E-state index contributed by atoms with van der Waals surface area (Å²) in [5, 5.41) is 0. The van der Waals surface area contributed by atoms with Crippen LogP contribution >= 0.6 is 0 Å². The van der Waals surface area contributed by atoms with E-state index in [0.29, 0.717) is 5.92 Å². The summed E-state index contributed by atoms with van der Waals surface area (Å²) in [6.45, 7) is 7.45. The van der Waals surface area contributed by atoms with Gasteiger partial charge in [0.15, 0.2) is 0 Å². The Hall–Kier alpha value is -6.44. The molecule has 8 aromatic carbocycles. The molecule has 306 valence electrons. The first kappa shape index (κ1) is 37.1. The fourth-order valence-corrected chi connectivity index (χ4v) is 13.9. The maximum atomic E-state index is 2.66. The first-order valence-corrected chi connectivity index (χ1v) is 23.5. The molecular formula is C62H53N. The van der Waals surface area contributed by atoms with Crippen LogP contribution in [-0.2, 0) is 16.2 Å². The highest BCUT2D eigenvalue weighted by molar-refractivity contribution is 5.90. The van der Waals surface area contributed by atoms with Crippen molar-refractivity contribution in [2.75, 3.05) is 4.90 Å². The van der Waals surface area contributed by atoms with Gasteiger partial charge in [0.05, 0.1) is 5.41 Å². The standard InChI is InChI=1S/C62H53N/c1-60(2)52-20-10-7-17-48(52)51-33-31-46(38-58(51)60)63(45-29-27-43(28-30-45)42-15-5-4-6-16-42)47-32-34-57-59(39-47)61(3,44-36-40-25-26-41(35-40)37-44)55-23-13-14-24-56(55)62(57)53-21-11-8-18-49(53)50-19-9-12-22-54(50)62/h4-24,27-34,38-41,44H,25-26,35-37H2,1-3H3/t40-,41+,44+,61-/m0/s1. The summed E-state index contributed by atoms with van der Waals surface area (Å²) < 4.78 is 0. The van der Waals surface area contributed by atoms with E-state index in [2.05, 4.69) is 214 Å². The minimum atomic E-state index is -0.420. The smallest absolute Gasteiger partial charge is 0.0719 e. The maximum absolute atomic E-state index is 2.66. The van der Waals surface area contributed by atoms with Crippen LogP contribution in [0.15, 0.2) is 188 Å². The molecule has 4 atom stereocenters. The molecule has 0 saturated heterocycles. The molecule has 8 aromatic rings. The second-order valence-electron chi connectivity index (χ2n) is 20.2. The van der Waals surface area contributed by atoms with Gasteiger partial charge in [0.1, 0.15) is 0 Å². The molecule has 0 N–H and O–H groups in total. The highest BCUT2D eigenvalue weighted by atomic mass is 15.1. The zero-order valence-corrected chi connectivity index (χ0v) is 36.6. The third-order valence-corrected chi connectivity index (χ3v) is 16.8. The molecule has 0 radical (unpaired) electrons. The van der Waals surface area contributed by atoms with Gasteiger partial charge in [-0.25, -0.2) is 0 Å². The van der Waals surface area contributed by atoms with Crippen molar-refractivity contribution >= 4 is 17.1 Å². The van der Waals surface area contributed by atoms with E-state index in [0.717, 1.165) is 11.8 Å². The molecule has 2 fully saturated rings. The van der Waals surface area contributed by atoms with E-state index < -0.39 is 5.41 Å². The van der Waals surface area contributed by atoms with E-state index in [4.69, 9.17) is 0 Å². The molecule has 2 saturated carbocycles. The van der Waals surface area contributed by atoms with Crippen molar-refractivity contribution in [1.82, 2.24) is 0 Å². The minimum Gasteiger partial charge on any atom is -0.310 e. The third kappa shape index (κ3) is 5.11. The van der Waals surface area contributed by atoms with E-state index in [9.17, 15) is 0 Å². The van der Waals surface area contributed by atoms with Crippen molar-refractivity contribution in [3.8, 4) is 33.4 Å². The number of rotatable bonds is 5. The van der Waals surface area contributed by atoms with Crippen LogP contribution in [0.3, 0.4) is 0 Å². The van der Waals surface area contributed by atoms with Gasteiger partial charge in [0.2, 0.25) is 0 Å². The van der Waals surface area contributed by atoms with E-state index in [1.807, 2.05) is 0 Å². The number of benzene rings is 8. The van der Waals surface area contributed by atoms with E-state index in [1.54, 1.807) is 0 Å². The zero-order chi connectivity index (χ0) is 42.1. The van der Waals surface area contributed by atoms with Crippen LogP contribution < -0.4 is 4.90 Å². The summed E-state index contributed by atoms with van der Waals surface area (Å²) in [6, 6.07) is 72.3. The number of nitrogens with zero attached hydrogens (tertiary/aromatic N) is 1. The summed E-state index contributed by atoms with van der Waals surface area (Å²) >= 11 is 0. The highest BCUT2D eigenvalue weighted by Gasteiger charge is 2.57. The molecular weight excluding hydrogens is 759 g/mol. The van der Waals surface area contributed by atoms with Crippen LogP contribution in [0.2, 0.25) is 0 Å². The zero-order valence-electron chi connectivity index (χ0n) is 36.6. The predicted octanol–water partition coefficient (Wildman–Crippen LogP) is 15.9. The third-order valence-electron chi connectivity index (χ3n) is 16.8. The first-order chi connectivity index (χ1) is 30.8. The Morgan fingerprint density at radius 1 is 0.365 bits per heavy atom. The SMILES string of the molecule is CC1(C)c2ccccc2-c2ccc(N(c3ccc(-c4ccccc4)cc3)c3ccc4c(c3)[C@@](C)([C@H]3C[C@@H]5CC[C@@H](C5)C3)c3ccccc3C43c4ccccc4-c4ccccc43)cc21. The maximum Gasteiger partial charge on any atom is 0.0719 e. The lowest BCUT2D eigenvalue weighted by Gasteiger charge is -2.52. The monoisotopic (exact) mass is 811 g/mol. The van der Waals surface area contributed by atoms with Crippen LogP contribution in [0.1, 0.15) is 97.4 Å². The Labute approximate surface area is 373 Å². The first-order valence-electron chi connectivity index (χ1n) is 23.5. The number of hydrogen-bond donors (Lipinski definition) is 0. The van der Waals surface area contributed by atoms with Crippen molar-refractivity contribution in [3.05, 3.63) is 233 Å². The summed E-state index contributed by atoms with van der Waals surface area (Å²) in [6.07, 6.45) is 6.80. The Bertz CT molecular complexity index is 3060. The Morgan fingerprint density at radius 2 is 0.825 bits per heavy atom. The number of fused-ring (bicyclic) bond motifs is 14. The highest BCUT2D eigenvalue weighted by Crippen LogP contribution is 2.66. The molecule has 2 bridgehead atoms. The number of hydrogen-bond acceptors (Lipinski definition) is 1. The van der Waals surface area contributed by atoms with Crippen molar-refractivity contribution in [2.45, 2.75) is 69.1 Å². The molecule has 1 heteroatoms. The minimum absolute atomic E-state index is 0.112. The Balaban J connectivity index is 1.07. The van der Waals surface area contributed by atoms with Gasteiger partial charge in [-0.3, -0.25) is 0 Å². The predicted molar refractivity (Wildman–Crippen MR) is 261 cm³/mol.